The van der Waals surface area contributed by atoms with E-state index in [1.807, 2.05) is 0 Å². The zero-order valence-electron chi connectivity index (χ0n) is 7.90. The number of nitro groups is 1. The highest BCUT2D eigenvalue weighted by Crippen LogP contribution is 2.21. The number of hydrogen-bond donors (Lipinski definition) is 2. The van der Waals surface area contributed by atoms with E-state index in [4.69, 9.17) is 17.3 Å². The van der Waals surface area contributed by atoms with Gasteiger partial charge in [0, 0.05) is 5.02 Å². The molecule has 0 saturated carbocycles. The number of nitrogens with one attached hydrogen (secondary N) is 1. The molecule has 1 aromatic carbocycles. The third-order valence-electron chi connectivity index (χ3n) is 1.60. The summed E-state index contributed by atoms with van der Waals surface area (Å²) in [5.74, 6) is -0.276. The summed E-state index contributed by atoms with van der Waals surface area (Å²) in [4.78, 5) is 13.8. The predicted molar refractivity (Wildman–Crippen MR) is 57.6 cm³/mol. The Balaban J connectivity index is 2.88. The van der Waals surface area contributed by atoms with Gasteiger partial charge in [-0.05, 0) is 30.7 Å². The van der Waals surface area contributed by atoms with Crippen molar-refractivity contribution in [3.63, 3.8) is 0 Å². The van der Waals surface area contributed by atoms with E-state index >= 15 is 0 Å². The van der Waals surface area contributed by atoms with Crippen molar-refractivity contribution in [2.45, 2.75) is 6.92 Å². The highest BCUT2D eigenvalue weighted by Gasteiger charge is 2.01. The third-order valence-corrected chi connectivity index (χ3v) is 2.02. The van der Waals surface area contributed by atoms with Crippen LogP contribution in [0.4, 0.5) is 5.69 Å². The standard InChI is InChI=1S/C8H9ClN4O2/c1-5-4-6(2-3-7(5)9)11-8(10)12-13(14)15/h2-4H,1H3,(H3,10,11,12). The highest BCUT2D eigenvalue weighted by molar-refractivity contribution is 6.31. The van der Waals surface area contributed by atoms with Gasteiger partial charge >= 0.3 is 0 Å². The molecule has 0 aliphatic heterocycles. The Morgan fingerprint density at radius 1 is 1.67 bits per heavy atom. The maximum atomic E-state index is 10.0. The lowest BCUT2D eigenvalue weighted by Gasteiger charge is -2.00. The zero-order chi connectivity index (χ0) is 11.4. The van der Waals surface area contributed by atoms with Gasteiger partial charge in [0.05, 0.1) is 5.69 Å². The second-order valence-corrected chi connectivity index (χ2v) is 3.21. The Kier molecular flexibility index (Phi) is 3.46. The summed E-state index contributed by atoms with van der Waals surface area (Å²) in [6.07, 6.45) is 0. The number of aliphatic imine (C=N–C) groups is 1. The molecular formula is C8H9ClN4O2. The van der Waals surface area contributed by atoms with Crippen LogP contribution in [0.2, 0.25) is 5.02 Å². The van der Waals surface area contributed by atoms with E-state index < -0.39 is 5.03 Å². The van der Waals surface area contributed by atoms with Crippen LogP contribution in [0.25, 0.3) is 0 Å². The van der Waals surface area contributed by atoms with E-state index in [-0.39, 0.29) is 5.96 Å². The van der Waals surface area contributed by atoms with Crippen LogP contribution in [0.1, 0.15) is 5.56 Å². The maximum Gasteiger partial charge on any atom is 0.256 e. The first kappa shape index (κ1) is 11.3. The number of nitrogens with zero attached hydrogens (tertiary/aromatic N) is 2. The van der Waals surface area contributed by atoms with Gasteiger partial charge in [0.15, 0.2) is 5.03 Å². The molecule has 0 radical (unpaired) electrons. The number of guanidine groups is 1. The molecule has 0 unspecified atom stereocenters. The first-order valence-electron chi connectivity index (χ1n) is 4.00. The molecule has 0 heterocycles. The number of hydrazine groups is 1. The van der Waals surface area contributed by atoms with Gasteiger partial charge in [-0.1, -0.05) is 17.0 Å². The molecular weight excluding hydrogens is 220 g/mol. The summed E-state index contributed by atoms with van der Waals surface area (Å²) < 4.78 is 0. The Bertz CT molecular complexity index is 419. The van der Waals surface area contributed by atoms with Crippen molar-refractivity contribution in [1.29, 1.82) is 0 Å². The number of aryl methyl sites for hydroxylation is 1. The first-order valence-corrected chi connectivity index (χ1v) is 4.38. The van der Waals surface area contributed by atoms with Gasteiger partial charge < -0.3 is 5.73 Å². The van der Waals surface area contributed by atoms with Gasteiger partial charge in [0.1, 0.15) is 0 Å². The summed E-state index contributed by atoms with van der Waals surface area (Å²) in [5, 5.41) is 9.86. The minimum absolute atomic E-state index is 0.276. The molecule has 80 valence electrons. The van der Waals surface area contributed by atoms with E-state index in [1.165, 1.54) is 0 Å². The first-order chi connectivity index (χ1) is 6.99. The molecule has 7 heteroatoms. The van der Waals surface area contributed by atoms with Crippen LogP contribution in [-0.4, -0.2) is 11.0 Å². The van der Waals surface area contributed by atoms with Gasteiger partial charge in [-0.15, -0.1) is 0 Å². The van der Waals surface area contributed by atoms with Crippen LogP contribution >= 0.6 is 11.6 Å². The molecule has 0 saturated heterocycles. The SMILES string of the molecule is Cc1cc(N=C(N)N[N+](=O)[O-])ccc1Cl. The highest BCUT2D eigenvalue weighted by atomic mass is 35.5. The Morgan fingerprint density at radius 3 is 2.87 bits per heavy atom. The average molecular weight is 229 g/mol. The molecule has 1 rings (SSSR count). The van der Waals surface area contributed by atoms with E-state index in [2.05, 4.69) is 4.99 Å². The molecule has 0 bridgehead atoms. The molecule has 0 atom stereocenters. The Labute approximate surface area is 90.9 Å². The Morgan fingerprint density at radius 2 is 2.33 bits per heavy atom. The van der Waals surface area contributed by atoms with Gasteiger partial charge in [-0.3, -0.25) is 0 Å². The number of halogens is 1. The largest absolute Gasteiger partial charge is 0.365 e. The lowest BCUT2D eigenvalue weighted by atomic mass is 10.2. The van der Waals surface area contributed by atoms with Crippen molar-refractivity contribution < 1.29 is 5.03 Å². The summed E-state index contributed by atoms with van der Waals surface area (Å²) in [5.41, 5.74) is 8.33. The number of rotatable bonds is 2. The predicted octanol–water partition coefficient (Wildman–Crippen LogP) is 1.38. The van der Waals surface area contributed by atoms with Gasteiger partial charge in [-0.25, -0.2) is 15.1 Å². The van der Waals surface area contributed by atoms with Crippen molar-refractivity contribution in [2.75, 3.05) is 0 Å². The van der Waals surface area contributed by atoms with Crippen molar-refractivity contribution >= 4 is 23.2 Å². The zero-order valence-corrected chi connectivity index (χ0v) is 8.65. The molecule has 15 heavy (non-hydrogen) atoms. The van der Waals surface area contributed by atoms with E-state index in [1.54, 1.807) is 30.5 Å². The molecule has 0 aromatic heterocycles. The van der Waals surface area contributed by atoms with Gasteiger partial charge in [0.25, 0.3) is 5.96 Å². The molecule has 1 aromatic rings. The van der Waals surface area contributed by atoms with Crippen LogP contribution in [0.5, 0.6) is 0 Å². The Hall–Kier alpha value is -1.82. The maximum absolute atomic E-state index is 10.0. The normalized spacial score (nSPS) is 11.2. The van der Waals surface area contributed by atoms with Crippen molar-refractivity contribution in [1.82, 2.24) is 5.43 Å². The van der Waals surface area contributed by atoms with Crippen LogP contribution in [0, 0.1) is 17.0 Å². The number of hydrogen-bond acceptors (Lipinski definition) is 3. The van der Waals surface area contributed by atoms with Crippen LogP contribution < -0.4 is 11.2 Å². The fourth-order valence-corrected chi connectivity index (χ4v) is 1.07. The van der Waals surface area contributed by atoms with Crippen LogP contribution in [0.3, 0.4) is 0 Å². The molecule has 3 N–H and O–H groups in total. The third kappa shape index (κ3) is 3.43. The lowest BCUT2D eigenvalue weighted by molar-refractivity contribution is -0.525. The van der Waals surface area contributed by atoms with Crippen molar-refractivity contribution in [3.8, 4) is 0 Å². The smallest absolute Gasteiger partial charge is 0.256 e. The van der Waals surface area contributed by atoms with E-state index in [9.17, 15) is 10.1 Å². The second-order valence-electron chi connectivity index (χ2n) is 2.80. The molecule has 0 spiro atoms. The van der Waals surface area contributed by atoms with Gasteiger partial charge in [0.2, 0.25) is 0 Å². The summed E-state index contributed by atoms with van der Waals surface area (Å²) >= 11 is 5.80. The topological polar surface area (TPSA) is 93.5 Å². The molecule has 0 aliphatic rings. The molecule has 6 nitrogen and oxygen atoms in total. The summed E-state index contributed by atoms with van der Waals surface area (Å²) in [6.45, 7) is 1.80. The van der Waals surface area contributed by atoms with E-state index in [0.29, 0.717) is 10.7 Å². The fraction of sp³-hybridized carbons (Fsp3) is 0.125. The molecule has 0 fully saturated rings. The second kappa shape index (κ2) is 4.61. The monoisotopic (exact) mass is 228 g/mol. The lowest BCUT2D eigenvalue weighted by Crippen LogP contribution is -2.35. The quantitative estimate of drug-likeness (QED) is 0.346. The number of benzene rings is 1. The van der Waals surface area contributed by atoms with Crippen LogP contribution in [0.15, 0.2) is 23.2 Å². The molecule has 0 aliphatic carbocycles. The summed E-state index contributed by atoms with van der Waals surface area (Å²) in [7, 11) is 0. The fourth-order valence-electron chi connectivity index (χ4n) is 0.956. The minimum atomic E-state index is -0.776. The van der Waals surface area contributed by atoms with Crippen molar-refractivity contribution in [3.05, 3.63) is 38.9 Å². The summed E-state index contributed by atoms with van der Waals surface area (Å²) in [6, 6.07) is 4.94. The van der Waals surface area contributed by atoms with E-state index in [0.717, 1.165) is 5.56 Å². The van der Waals surface area contributed by atoms with Crippen molar-refractivity contribution in [2.24, 2.45) is 10.7 Å². The van der Waals surface area contributed by atoms with Gasteiger partial charge in [-0.2, -0.15) is 0 Å². The minimum Gasteiger partial charge on any atom is -0.365 e. The molecule has 0 amide bonds. The average Bonchev–Trinajstić information content (AvgIpc) is 2.10. The number of nitrogens with two attached hydrogens (primary N) is 1. The van der Waals surface area contributed by atoms with Crippen LogP contribution in [-0.2, 0) is 0 Å².